The van der Waals surface area contributed by atoms with Gasteiger partial charge in [-0.3, -0.25) is 9.13 Å². The van der Waals surface area contributed by atoms with Crippen LogP contribution in [0.15, 0.2) is 0 Å². The van der Waals surface area contributed by atoms with Crippen LogP contribution in [0.3, 0.4) is 0 Å². The molecule has 9 heteroatoms. The Labute approximate surface area is 68.7 Å². The van der Waals surface area contributed by atoms with Gasteiger partial charge in [0.2, 0.25) is 0 Å². The number of methoxy groups -OCH3 is 1. The maximum atomic E-state index is 10.5. The SMILES string of the molecule is COCC(P(=O)(O)O)P(=O)(O)O. The topological polar surface area (TPSA) is 124 Å². The van der Waals surface area contributed by atoms with Gasteiger partial charge >= 0.3 is 15.2 Å². The van der Waals surface area contributed by atoms with Gasteiger partial charge in [-0.2, -0.15) is 0 Å². The molecule has 0 aliphatic heterocycles. The van der Waals surface area contributed by atoms with Crippen molar-refractivity contribution in [2.75, 3.05) is 13.7 Å². The maximum Gasteiger partial charge on any atom is 0.343 e. The molecule has 74 valence electrons. The van der Waals surface area contributed by atoms with Gasteiger partial charge in [0.05, 0.1) is 6.61 Å². The molecule has 0 spiro atoms. The van der Waals surface area contributed by atoms with E-state index in [0.717, 1.165) is 7.11 Å². The van der Waals surface area contributed by atoms with E-state index in [4.69, 9.17) is 19.6 Å². The molecule has 0 aromatic carbocycles. The van der Waals surface area contributed by atoms with Crippen molar-refractivity contribution < 1.29 is 33.4 Å². The molecule has 0 aromatic heterocycles. The zero-order chi connectivity index (χ0) is 9.99. The summed E-state index contributed by atoms with van der Waals surface area (Å²) in [5, 5.41) is -2.06. The summed E-state index contributed by atoms with van der Waals surface area (Å²) in [6.45, 7) is -0.672. The van der Waals surface area contributed by atoms with Crippen molar-refractivity contribution in [3.63, 3.8) is 0 Å². The molecule has 0 saturated heterocycles. The highest BCUT2D eigenvalue weighted by Crippen LogP contribution is 2.59. The first-order valence-electron chi connectivity index (χ1n) is 2.79. The third-order valence-corrected chi connectivity index (χ3v) is 4.75. The molecule has 12 heavy (non-hydrogen) atoms. The lowest BCUT2D eigenvalue weighted by Crippen LogP contribution is -2.15. The molecule has 0 radical (unpaired) electrons. The fourth-order valence-electron chi connectivity index (χ4n) is 0.539. The van der Waals surface area contributed by atoms with E-state index in [1.807, 2.05) is 0 Å². The Morgan fingerprint density at radius 1 is 1.17 bits per heavy atom. The molecule has 0 heterocycles. The van der Waals surface area contributed by atoms with E-state index in [2.05, 4.69) is 4.74 Å². The molecule has 0 atom stereocenters. The predicted octanol–water partition coefficient (Wildman–Crippen LogP) is -0.686. The molecule has 0 amide bonds. The molecule has 0 aliphatic carbocycles. The van der Waals surface area contributed by atoms with Crippen molar-refractivity contribution in [1.29, 1.82) is 0 Å². The first-order chi connectivity index (χ1) is 5.19. The van der Waals surface area contributed by atoms with Crippen molar-refractivity contribution in [2.45, 2.75) is 5.40 Å². The van der Waals surface area contributed by atoms with Crippen LogP contribution >= 0.6 is 15.2 Å². The Bertz CT molecular complexity index is 203. The Morgan fingerprint density at radius 3 is 1.58 bits per heavy atom. The number of ether oxygens (including phenoxy) is 1. The van der Waals surface area contributed by atoms with Gasteiger partial charge < -0.3 is 24.3 Å². The maximum absolute atomic E-state index is 10.5. The third-order valence-electron chi connectivity index (χ3n) is 1.09. The second-order valence-corrected chi connectivity index (χ2v) is 6.12. The monoisotopic (exact) mass is 220 g/mol. The van der Waals surface area contributed by atoms with Crippen LogP contribution < -0.4 is 0 Å². The van der Waals surface area contributed by atoms with E-state index in [-0.39, 0.29) is 0 Å². The Kier molecular flexibility index (Phi) is 4.07. The summed E-state index contributed by atoms with van der Waals surface area (Å²) in [6, 6.07) is 0. The van der Waals surface area contributed by atoms with E-state index in [9.17, 15) is 9.13 Å². The molecule has 0 rings (SSSR count). The minimum absolute atomic E-state index is 0.672. The van der Waals surface area contributed by atoms with Gasteiger partial charge in [0, 0.05) is 7.11 Å². The van der Waals surface area contributed by atoms with Gasteiger partial charge in [-0.1, -0.05) is 0 Å². The fraction of sp³-hybridized carbons (Fsp3) is 1.00. The van der Waals surface area contributed by atoms with Gasteiger partial charge in [0.15, 0.2) is 5.40 Å². The van der Waals surface area contributed by atoms with Gasteiger partial charge in [-0.15, -0.1) is 0 Å². The number of hydrogen-bond donors (Lipinski definition) is 4. The molecule has 7 nitrogen and oxygen atoms in total. The Morgan fingerprint density at radius 2 is 1.50 bits per heavy atom. The molecule has 4 N–H and O–H groups in total. The van der Waals surface area contributed by atoms with Gasteiger partial charge in [0.1, 0.15) is 0 Å². The molecule has 0 fully saturated rings. The molecule has 0 unspecified atom stereocenters. The summed E-state index contributed by atoms with van der Waals surface area (Å²) in [6.07, 6.45) is 0. The van der Waals surface area contributed by atoms with Crippen molar-refractivity contribution >= 4 is 15.2 Å². The van der Waals surface area contributed by atoms with E-state index in [1.165, 1.54) is 0 Å². The zero-order valence-electron chi connectivity index (χ0n) is 6.19. The number of rotatable bonds is 4. The first kappa shape index (κ1) is 12.3. The molecule has 0 saturated carbocycles. The molecular formula is C3H10O7P2. The van der Waals surface area contributed by atoms with Crippen LogP contribution in [-0.4, -0.2) is 38.7 Å². The lowest BCUT2D eigenvalue weighted by molar-refractivity contribution is 0.193. The van der Waals surface area contributed by atoms with Crippen LogP contribution in [0, 0.1) is 0 Å². The van der Waals surface area contributed by atoms with Gasteiger partial charge in [-0.25, -0.2) is 0 Å². The van der Waals surface area contributed by atoms with Crippen LogP contribution in [0.25, 0.3) is 0 Å². The summed E-state index contributed by atoms with van der Waals surface area (Å²) in [5.74, 6) is 0. The van der Waals surface area contributed by atoms with Crippen molar-refractivity contribution in [2.24, 2.45) is 0 Å². The quantitative estimate of drug-likeness (QED) is 0.462. The average Bonchev–Trinajstić information content (AvgIpc) is 1.77. The second kappa shape index (κ2) is 3.98. The average molecular weight is 220 g/mol. The van der Waals surface area contributed by atoms with Gasteiger partial charge in [-0.05, 0) is 0 Å². The van der Waals surface area contributed by atoms with Gasteiger partial charge in [0.25, 0.3) is 0 Å². The smallest absolute Gasteiger partial charge is 0.343 e. The Balaban J connectivity index is 4.70. The molecule has 0 bridgehead atoms. The van der Waals surface area contributed by atoms with Crippen LogP contribution in [-0.2, 0) is 13.9 Å². The lowest BCUT2D eigenvalue weighted by atomic mass is 10.8. The van der Waals surface area contributed by atoms with E-state index in [1.54, 1.807) is 0 Å². The summed E-state index contributed by atoms with van der Waals surface area (Å²) < 4.78 is 25.3. The van der Waals surface area contributed by atoms with Crippen molar-refractivity contribution in [3.05, 3.63) is 0 Å². The summed E-state index contributed by atoms with van der Waals surface area (Å²) >= 11 is 0. The van der Waals surface area contributed by atoms with Crippen molar-refractivity contribution in [3.8, 4) is 0 Å². The summed E-state index contributed by atoms with van der Waals surface area (Å²) in [5.41, 5.74) is 0. The zero-order valence-corrected chi connectivity index (χ0v) is 7.98. The molecular weight excluding hydrogens is 210 g/mol. The Hall–Kier alpha value is 0.260. The summed E-state index contributed by atoms with van der Waals surface area (Å²) in [7, 11) is -8.51. The largest absolute Gasteiger partial charge is 0.383 e. The minimum Gasteiger partial charge on any atom is -0.383 e. The first-order valence-corrected chi connectivity index (χ1v) is 6.15. The molecule has 0 aliphatic rings. The predicted molar refractivity (Wildman–Crippen MR) is 39.8 cm³/mol. The summed E-state index contributed by atoms with van der Waals surface area (Å²) in [4.78, 5) is 33.9. The highest BCUT2D eigenvalue weighted by molar-refractivity contribution is 7.70. The van der Waals surface area contributed by atoms with Crippen LogP contribution in [0.5, 0.6) is 0 Å². The third kappa shape index (κ3) is 3.78. The van der Waals surface area contributed by atoms with E-state index >= 15 is 0 Å². The van der Waals surface area contributed by atoms with E-state index < -0.39 is 27.2 Å². The lowest BCUT2D eigenvalue weighted by Gasteiger charge is -2.17. The highest BCUT2D eigenvalue weighted by Gasteiger charge is 2.43. The minimum atomic E-state index is -4.80. The normalized spacial score (nSPS) is 13.8. The van der Waals surface area contributed by atoms with E-state index in [0.29, 0.717) is 0 Å². The molecule has 0 aromatic rings. The van der Waals surface area contributed by atoms with Crippen LogP contribution in [0.4, 0.5) is 0 Å². The van der Waals surface area contributed by atoms with Crippen LogP contribution in [0.1, 0.15) is 0 Å². The number of hydrogen-bond acceptors (Lipinski definition) is 3. The standard InChI is InChI=1S/C3H10O7P2/c1-10-2-3(11(4,5)6)12(7,8)9/h3H,2H2,1H3,(H2,4,5,6)(H2,7,8,9). The van der Waals surface area contributed by atoms with Crippen molar-refractivity contribution in [1.82, 2.24) is 0 Å². The van der Waals surface area contributed by atoms with Crippen LogP contribution in [0.2, 0.25) is 0 Å². The second-order valence-electron chi connectivity index (χ2n) is 2.11. The fourth-order valence-corrected chi connectivity index (χ4v) is 2.79. The highest BCUT2D eigenvalue weighted by atomic mass is 31.2.